The summed E-state index contributed by atoms with van der Waals surface area (Å²) in [5, 5.41) is 7.89. The summed E-state index contributed by atoms with van der Waals surface area (Å²) in [7, 11) is 0. The number of nitrogens with zero attached hydrogens (tertiary/aromatic N) is 4. The molecule has 4 heterocycles. The molecule has 3 aromatic rings. The standard InChI is InChI=1S/C22H24FN5O/c1-13-11-19(26-28-12-14(2)25-21(13)28)18-4-3-17-16(20(18)23)7-10-27(22(17)29)15-5-8-24-9-6-15/h3-4,11-12,15,24H,5-10H2,1-2H3. The first-order chi connectivity index (χ1) is 14.0. The Balaban J connectivity index is 1.53. The van der Waals surface area contributed by atoms with E-state index in [4.69, 9.17) is 0 Å². The van der Waals surface area contributed by atoms with E-state index in [1.54, 1.807) is 16.6 Å². The van der Waals surface area contributed by atoms with Crippen LogP contribution in [0.4, 0.5) is 4.39 Å². The van der Waals surface area contributed by atoms with Gasteiger partial charge < -0.3 is 10.2 Å². The summed E-state index contributed by atoms with van der Waals surface area (Å²) in [5.74, 6) is -0.377. The van der Waals surface area contributed by atoms with Gasteiger partial charge in [-0.3, -0.25) is 4.79 Å². The van der Waals surface area contributed by atoms with Gasteiger partial charge >= 0.3 is 0 Å². The Labute approximate surface area is 168 Å². The molecule has 0 saturated carbocycles. The number of carbonyl (C=O) groups is 1. The number of hydrogen-bond acceptors (Lipinski definition) is 4. The van der Waals surface area contributed by atoms with Gasteiger partial charge in [0.25, 0.3) is 5.91 Å². The van der Waals surface area contributed by atoms with Gasteiger partial charge in [0.2, 0.25) is 0 Å². The largest absolute Gasteiger partial charge is 0.335 e. The molecule has 0 unspecified atom stereocenters. The normalized spacial score (nSPS) is 17.8. The fourth-order valence-electron chi connectivity index (χ4n) is 4.60. The molecule has 0 bridgehead atoms. The lowest BCUT2D eigenvalue weighted by atomic mass is 9.92. The van der Waals surface area contributed by atoms with Crippen LogP contribution in [-0.4, -0.2) is 51.1 Å². The Hall–Kier alpha value is -2.80. The van der Waals surface area contributed by atoms with Gasteiger partial charge in [0.1, 0.15) is 5.82 Å². The van der Waals surface area contributed by atoms with Gasteiger partial charge in [0, 0.05) is 29.3 Å². The lowest BCUT2D eigenvalue weighted by Gasteiger charge is -2.38. The molecule has 0 atom stereocenters. The van der Waals surface area contributed by atoms with Crippen molar-refractivity contribution < 1.29 is 9.18 Å². The summed E-state index contributed by atoms with van der Waals surface area (Å²) in [5.41, 5.74) is 4.58. The Kier molecular flexibility index (Phi) is 4.35. The zero-order chi connectivity index (χ0) is 20.1. The van der Waals surface area contributed by atoms with Crippen LogP contribution in [0.5, 0.6) is 0 Å². The average molecular weight is 393 g/mol. The van der Waals surface area contributed by atoms with E-state index in [1.165, 1.54) is 0 Å². The molecule has 5 rings (SSSR count). The quantitative estimate of drug-likeness (QED) is 0.727. The molecular weight excluding hydrogens is 369 g/mol. The Bertz CT molecular complexity index is 1120. The molecule has 1 aromatic carbocycles. The third-order valence-corrected chi connectivity index (χ3v) is 6.09. The van der Waals surface area contributed by atoms with Crippen LogP contribution in [0.2, 0.25) is 0 Å². The zero-order valence-electron chi connectivity index (χ0n) is 16.7. The van der Waals surface area contributed by atoms with Crippen LogP contribution in [0.25, 0.3) is 16.9 Å². The van der Waals surface area contributed by atoms with E-state index in [2.05, 4.69) is 15.4 Å². The number of benzene rings is 1. The minimum Gasteiger partial charge on any atom is -0.335 e. The first-order valence-electron chi connectivity index (χ1n) is 10.2. The third kappa shape index (κ3) is 3.00. The van der Waals surface area contributed by atoms with Crippen molar-refractivity contribution in [3.8, 4) is 11.3 Å². The van der Waals surface area contributed by atoms with Crippen molar-refractivity contribution >= 4 is 11.6 Å². The van der Waals surface area contributed by atoms with Crippen LogP contribution < -0.4 is 5.32 Å². The second-order valence-corrected chi connectivity index (χ2v) is 8.05. The SMILES string of the molecule is Cc1cn2nc(-c3ccc4c(c3F)CCN(C3CCNCC3)C4=O)cc(C)c2n1. The summed E-state index contributed by atoms with van der Waals surface area (Å²) < 4.78 is 17.2. The molecular formula is C22H24FN5O. The van der Waals surface area contributed by atoms with Crippen molar-refractivity contribution in [2.75, 3.05) is 19.6 Å². The van der Waals surface area contributed by atoms with Crippen LogP contribution in [0.3, 0.4) is 0 Å². The zero-order valence-corrected chi connectivity index (χ0v) is 16.7. The molecule has 7 heteroatoms. The molecule has 150 valence electrons. The lowest BCUT2D eigenvalue weighted by Crippen LogP contribution is -2.49. The topological polar surface area (TPSA) is 62.5 Å². The highest BCUT2D eigenvalue weighted by Crippen LogP contribution is 2.31. The first kappa shape index (κ1) is 18.2. The van der Waals surface area contributed by atoms with E-state index in [0.29, 0.717) is 35.3 Å². The minimum atomic E-state index is -0.330. The molecule has 0 radical (unpaired) electrons. The number of imidazole rings is 1. The van der Waals surface area contributed by atoms with Gasteiger partial charge in [-0.2, -0.15) is 5.10 Å². The van der Waals surface area contributed by atoms with Crippen molar-refractivity contribution in [3.63, 3.8) is 0 Å². The second-order valence-electron chi connectivity index (χ2n) is 8.05. The maximum absolute atomic E-state index is 15.5. The molecule has 29 heavy (non-hydrogen) atoms. The van der Waals surface area contributed by atoms with Crippen LogP contribution >= 0.6 is 0 Å². The number of carbonyl (C=O) groups excluding carboxylic acids is 1. The summed E-state index contributed by atoms with van der Waals surface area (Å²) >= 11 is 0. The highest BCUT2D eigenvalue weighted by molar-refractivity contribution is 5.97. The third-order valence-electron chi connectivity index (χ3n) is 6.09. The smallest absolute Gasteiger partial charge is 0.254 e. The van der Waals surface area contributed by atoms with Crippen LogP contribution in [0.15, 0.2) is 24.4 Å². The van der Waals surface area contributed by atoms with Crippen LogP contribution in [0, 0.1) is 19.7 Å². The van der Waals surface area contributed by atoms with Crippen molar-refractivity contribution in [3.05, 3.63) is 52.6 Å². The number of amides is 1. The average Bonchev–Trinajstić information content (AvgIpc) is 3.10. The summed E-state index contributed by atoms with van der Waals surface area (Å²) in [6, 6.07) is 5.56. The number of halogens is 1. The summed E-state index contributed by atoms with van der Waals surface area (Å²) in [6.07, 6.45) is 4.28. The minimum absolute atomic E-state index is 0.0478. The van der Waals surface area contributed by atoms with Gasteiger partial charge in [0.15, 0.2) is 5.65 Å². The van der Waals surface area contributed by atoms with Crippen molar-refractivity contribution in [2.45, 2.75) is 39.2 Å². The van der Waals surface area contributed by atoms with Gasteiger partial charge in [-0.15, -0.1) is 0 Å². The number of aromatic nitrogens is 3. The predicted octanol–water partition coefficient (Wildman–Crippen LogP) is 2.90. The van der Waals surface area contributed by atoms with E-state index in [9.17, 15) is 4.79 Å². The first-order valence-corrected chi connectivity index (χ1v) is 10.2. The van der Waals surface area contributed by atoms with E-state index < -0.39 is 0 Å². The van der Waals surface area contributed by atoms with Gasteiger partial charge in [-0.1, -0.05) is 0 Å². The Morgan fingerprint density at radius 1 is 1.17 bits per heavy atom. The lowest BCUT2D eigenvalue weighted by molar-refractivity contribution is 0.0621. The monoisotopic (exact) mass is 393 g/mol. The number of fused-ring (bicyclic) bond motifs is 2. The number of nitrogens with one attached hydrogen (secondary N) is 1. The number of rotatable bonds is 2. The van der Waals surface area contributed by atoms with E-state index in [-0.39, 0.29) is 17.8 Å². The molecule has 2 aliphatic rings. The van der Waals surface area contributed by atoms with Crippen molar-refractivity contribution in [1.29, 1.82) is 0 Å². The number of hydrogen-bond donors (Lipinski definition) is 1. The molecule has 2 aliphatic heterocycles. The van der Waals surface area contributed by atoms with Crippen LogP contribution in [0.1, 0.15) is 40.0 Å². The second kappa shape index (κ2) is 6.91. The fraction of sp³-hybridized carbons (Fsp3) is 0.409. The number of piperidine rings is 1. The summed E-state index contributed by atoms with van der Waals surface area (Å²) in [4.78, 5) is 19.4. The molecule has 2 aromatic heterocycles. The maximum Gasteiger partial charge on any atom is 0.254 e. The van der Waals surface area contributed by atoms with E-state index >= 15 is 4.39 Å². The van der Waals surface area contributed by atoms with Crippen molar-refractivity contribution in [2.24, 2.45) is 0 Å². The van der Waals surface area contributed by atoms with Crippen molar-refractivity contribution in [1.82, 2.24) is 24.8 Å². The molecule has 0 spiro atoms. The fourth-order valence-corrected chi connectivity index (χ4v) is 4.60. The predicted molar refractivity (Wildman–Crippen MR) is 108 cm³/mol. The van der Waals surface area contributed by atoms with Gasteiger partial charge in [-0.05, 0) is 70.0 Å². The Morgan fingerprint density at radius 2 is 1.93 bits per heavy atom. The molecule has 6 nitrogen and oxygen atoms in total. The highest BCUT2D eigenvalue weighted by atomic mass is 19.1. The molecule has 1 saturated heterocycles. The number of aryl methyl sites for hydroxylation is 2. The molecule has 1 amide bonds. The highest BCUT2D eigenvalue weighted by Gasteiger charge is 2.33. The molecule has 1 fully saturated rings. The molecule has 0 aliphatic carbocycles. The van der Waals surface area contributed by atoms with E-state index in [1.807, 2.05) is 31.0 Å². The van der Waals surface area contributed by atoms with Crippen LogP contribution in [-0.2, 0) is 6.42 Å². The Morgan fingerprint density at radius 3 is 2.72 bits per heavy atom. The maximum atomic E-state index is 15.5. The van der Waals surface area contributed by atoms with E-state index in [0.717, 1.165) is 42.8 Å². The molecule has 1 N–H and O–H groups in total. The van der Waals surface area contributed by atoms with Gasteiger partial charge in [-0.25, -0.2) is 13.9 Å². The van der Waals surface area contributed by atoms with Gasteiger partial charge in [0.05, 0.1) is 17.6 Å². The summed E-state index contributed by atoms with van der Waals surface area (Å²) in [6.45, 7) is 6.28.